The lowest BCUT2D eigenvalue weighted by atomic mass is 10.1. The Bertz CT molecular complexity index is 638. The lowest BCUT2D eigenvalue weighted by Gasteiger charge is -2.32. The molecule has 0 atom stereocenters. The van der Waals surface area contributed by atoms with E-state index < -0.39 is 0 Å². The molecule has 0 aliphatic carbocycles. The van der Waals surface area contributed by atoms with Gasteiger partial charge < -0.3 is 4.90 Å². The standard InChI is InChI=1S/C18H19N/c1-13(2)19-17-10-5-4-8-15(17)11-12-16-9-6-7-14(3)18(16)19/h4-13H,1-3H3. The number of rotatable bonds is 1. The van der Waals surface area contributed by atoms with E-state index in [0.29, 0.717) is 6.04 Å². The monoisotopic (exact) mass is 249 g/mol. The molecule has 0 saturated carbocycles. The van der Waals surface area contributed by atoms with Gasteiger partial charge in [0.2, 0.25) is 0 Å². The zero-order valence-corrected chi connectivity index (χ0v) is 11.7. The van der Waals surface area contributed by atoms with Crippen LogP contribution in [0.25, 0.3) is 12.2 Å². The number of benzene rings is 2. The predicted octanol–water partition coefficient (Wildman–Crippen LogP) is 5.03. The zero-order valence-electron chi connectivity index (χ0n) is 11.7. The minimum absolute atomic E-state index is 0.431. The molecule has 1 heteroatoms. The summed E-state index contributed by atoms with van der Waals surface area (Å²) in [5.74, 6) is 0. The van der Waals surface area contributed by atoms with E-state index >= 15 is 0 Å². The highest BCUT2D eigenvalue weighted by Gasteiger charge is 2.21. The van der Waals surface area contributed by atoms with Crippen molar-refractivity contribution >= 4 is 23.5 Å². The third-order valence-corrected chi connectivity index (χ3v) is 3.67. The second kappa shape index (κ2) is 4.58. The van der Waals surface area contributed by atoms with Crippen molar-refractivity contribution in [3.05, 3.63) is 59.2 Å². The van der Waals surface area contributed by atoms with E-state index in [0.717, 1.165) is 0 Å². The maximum Gasteiger partial charge on any atom is 0.0516 e. The fourth-order valence-corrected chi connectivity index (χ4v) is 2.83. The van der Waals surface area contributed by atoms with Crippen LogP contribution in [0, 0.1) is 6.92 Å². The topological polar surface area (TPSA) is 3.24 Å². The summed E-state index contributed by atoms with van der Waals surface area (Å²) in [6.07, 6.45) is 4.44. The normalized spacial score (nSPS) is 13.2. The summed E-state index contributed by atoms with van der Waals surface area (Å²) >= 11 is 0. The van der Waals surface area contributed by atoms with Crippen molar-refractivity contribution in [2.24, 2.45) is 0 Å². The highest BCUT2D eigenvalue weighted by molar-refractivity contribution is 5.90. The van der Waals surface area contributed by atoms with Gasteiger partial charge in [0.05, 0.1) is 5.69 Å². The third-order valence-electron chi connectivity index (χ3n) is 3.67. The van der Waals surface area contributed by atoms with Crippen molar-refractivity contribution < 1.29 is 0 Å². The molecule has 1 aliphatic heterocycles. The van der Waals surface area contributed by atoms with E-state index in [2.05, 4.69) is 80.3 Å². The fourth-order valence-electron chi connectivity index (χ4n) is 2.83. The maximum absolute atomic E-state index is 2.44. The quantitative estimate of drug-likeness (QED) is 0.685. The van der Waals surface area contributed by atoms with Crippen LogP contribution in [-0.4, -0.2) is 6.04 Å². The van der Waals surface area contributed by atoms with Crippen LogP contribution in [0.4, 0.5) is 11.4 Å². The second-order valence-electron chi connectivity index (χ2n) is 5.37. The molecular formula is C18H19N. The molecule has 0 fully saturated rings. The molecule has 1 heterocycles. The molecule has 96 valence electrons. The summed E-state index contributed by atoms with van der Waals surface area (Å²) in [6.45, 7) is 6.69. The lowest BCUT2D eigenvalue weighted by Crippen LogP contribution is -2.27. The third kappa shape index (κ3) is 1.95. The highest BCUT2D eigenvalue weighted by Crippen LogP contribution is 2.39. The van der Waals surface area contributed by atoms with Gasteiger partial charge in [-0.1, -0.05) is 48.6 Å². The molecule has 0 aromatic heterocycles. The number of nitrogens with zero attached hydrogens (tertiary/aromatic N) is 1. The van der Waals surface area contributed by atoms with Gasteiger partial charge in [-0.25, -0.2) is 0 Å². The lowest BCUT2D eigenvalue weighted by molar-refractivity contribution is 0.785. The molecule has 0 N–H and O–H groups in total. The van der Waals surface area contributed by atoms with Crippen molar-refractivity contribution in [3.63, 3.8) is 0 Å². The molecule has 1 nitrogen and oxygen atoms in total. The molecule has 3 rings (SSSR count). The van der Waals surface area contributed by atoms with Crippen molar-refractivity contribution in [2.75, 3.05) is 4.90 Å². The SMILES string of the molecule is Cc1cccc2c1N(C(C)C)c1ccccc1C=C2. The average molecular weight is 249 g/mol. The number of hydrogen-bond donors (Lipinski definition) is 0. The number of para-hydroxylation sites is 2. The Hall–Kier alpha value is -2.02. The Morgan fingerprint density at radius 1 is 0.842 bits per heavy atom. The first-order chi connectivity index (χ1) is 9.18. The van der Waals surface area contributed by atoms with Gasteiger partial charge in [-0.05, 0) is 43.5 Å². The van der Waals surface area contributed by atoms with Gasteiger partial charge in [0.1, 0.15) is 0 Å². The van der Waals surface area contributed by atoms with E-state index in [-0.39, 0.29) is 0 Å². The maximum atomic E-state index is 2.44. The Balaban J connectivity index is 2.32. The van der Waals surface area contributed by atoms with Gasteiger partial charge in [0, 0.05) is 11.7 Å². The van der Waals surface area contributed by atoms with Crippen LogP contribution in [0.2, 0.25) is 0 Å². The van der Waals surface area contributed by atoms with Crippen molar-refractivity contribution in [1.82, 2.24) is 0 Å². The van der Waals surface area contributed by atoms with Crippen molar-refractivity contribution in [1.29, 1.82) is 0 Å². The van der Waals surface area contributed by atoms with E-state index in [1.54, 1.807) is 0 Å². The van der Waals surface area contributed by atoms with Crippen LogP contribution in [0.3, 0.4) is 0 Å². The van der Waals surface area contributed by atoms with Crippen molar-refractivity contribution in [3.8, 4) is 0 Å². The number of anilines is 2. The first-order valence-corrected chi connectivity index (χ1v) is 6.84. The summed E-state index contributed by atoms with van der Waals surface area (Å²) in [6, 6.07) is 15.6. The number of aryl methyl sites for hydroxylation is 1. The summed E-state index contributed by atoms with van der Waals surface area (Å²) in [5, 5.41) is 0. The largest absolute Gasteiger partial charge is 0.338 e. The Kier molecular flexibility index (Phi) is 2.90. The van der Waals surface area contributed by atoms with E-state index in [1.807, 2.05) is 0 Å². The molecule has 2 aromatic carbocycles. The average Bonchev–Trinajstić information content (AvgIpc) is 2.56. The van der Waals surface area contributed by atoms with Gasteiger partial charge in [-0.15, -0.1) is 0 Å². The molecule has 0 spiro atoms. The van der Waals surface area contributed by atoms with E-state index in [4.69, 9.17) is 0 Å². The molecule has 1 aliphatic rings. The van der Waals surface area contributed by atoms with Gasteiger partial charge >= 0.3 is 0 Å². The van der Waals surface area contributed by atoms with Crippen LogP contribution in [0.15, 0.2) is 42.5 Å². The first kappa shape index (κ1) is 12.0. The highest BCUT2D eigenvalue weighted by atomic mass is 15.2. The van der Waals surface area contributed by atoms with Gasteiger partial charge in [0.15, 0.2) is 0 Å². The predicted molar refractivity (Wildman–Crippen MR) is 83.8 cm³/mol. The molecular weight excluding hydrogens is 230 g/mol. The summed E-state index contributed by atoms with van der Waals surface area (Å²) in [5.41, 5.74) is 6.53. The smallest absolute Gasteiger partial charge is 0.0516 e. The molecule has 19 heavy (non-hydrogen) atoms. The Labute approximate surface area is 115 Å². The Morgan fingerprint density at radius 3 is 2.32 bits per heavy atom. The summed E-state index contributed by atoms with van der Waals surface area (Å²) in [4.78, 5) is 2.44. The second-order valence-corrected chi connectivity index (χ2v) is 5.37. The van der Waals surface area contributed by atoms with Gasteiger partial charge in [-0.3, -0.25) is 0 Å². The summed E-state index contributed by atoms with van der Waals surface area (Å²) in [7, 11) is 0. The molecule has 0 unspecified atom stereocenters. The van der Waals surface area contributed by atoms with Crippen molar-refractivity contribution in [2.45, 2.75) is 26.8 Å². The van der Waals surface area contributed by atoms with Crippen LogP contribution in [0.1, 0.15) is 30.5 Å². The fraction of sp³-hybridized carbons (Fsp3) is 0.222. The van der Waals surface area contributed by atoms with Crippen LogP contribution in [-0.2, 0) is 0 Å². The minimum atomic E-state index is 0.431. The zero-order chi connectivity index (χ0) is 13.4. The molecule has 0 radical (unpaired) electrons. The first-order valence-electron chi connectivity index (χ1n) is 6.84. The molecule has 0 bridgehead atoms. The molecule has 0 saturated heterocycles. The Morgan fingerprint density at radius 2 is 1.53 bits per heavy atom. The van der Waals surface area contributed by atoms with Crippen LogP contribution >= 0.6 is 0 Å². The minimum Gasteiger partial charge on any atom is -0.338 e. The van der Waals surface area contributed by atoms with Crippen LogP contribution < -0.4 is 4.90 Å². The van der Waals surface area contributed by atoms with E-state index in [9.17, 15) is 0 Å². The van der Waals surface area contributed by atoms with Gasteiger partial charge in [0.25, 0.3) is 0 Å². The molecule has 2 aromatic rings. The summed E-state index contributed by atoms with van der Waals surface area (Å²) < 4.78 is 0. The van der Waals surface area contributed by atoms with Gasteiger partial charge in [-0.2, -0.15) is 0 Å². The van der Waals surface area contributed by atoms with Crippen LogP contribution in [0.5, 0.6) is 0 Å². The number of hydrogen-bond acceptors (Lipinski definition) is 1. The molecule has 0 amide bonds. The number of fused-ring (bicyclic) bond motifs is 2. The van der Waals surface area contributed by atoms with E-state index in [1.165, 1.54) is 28.1 Å².